The van der Waals surface area contributed by atoms with Crippen LogP contribution in [0.4, 0.5) is 4.39 Å². The maximum Gasteiger partial charge on any atom is 0.251 e. The Kier molecular flexibility index (Phi) is 4.19. The lowest BCUT2D eigenvalue weighted by Crippen LogP contribution is -2.22. The molecule has 0 aliphatic heterocycles. The van der Waals surface area contributed by atoms with E-state index in [9.17, 15) is 9.18 Å². The van der Waals surface area contributed by atoms with Crippen molar-refractivity contribution >= 4 is 16.9 Å². The average Bonchev–Trinajstić information content (AvgIpc) is 3.16. The minimum Gasteiger partial charge on any atom is -0.348 e. The summed E-state index contributed by atoms with van der Waals surface area (Å²) >= 11 is 0. The number of carbonyl (C=O) groups is 1. The first-order chi connectivity index (χ1) is 12.7. The second-order valence-electron chi connectivity index (χ2n) is 5.98. The van der Waals surface area contributed by atoms with Gasteiger partial charge in [-0.1, -0.05) is 24.3 Å². The van der Waals surface area contributed by atoms with Crippen LogP contribution in [0.25, 0.3) is 22.2 Å². The summed E-state index contributed by atoms with van der Waals surface area (Å²) in [6, 6.07) is 17.5. The zero-order valence-electron chi connectivity index (χ0n) is 13.9. The summed E-state index contributed by atoms with van der Waals surface area (Å²) in [6.07, 6.45) is 3.62. The van der Waals surface area contributed by atoms with Gasteiger partial charge in [0.15, 0.2) is 0 Å². The van der Waals surface area contributed by atoms with E-state index in [1.807, 2.05) is 30.5 Å². The Hall–Kier alpha value is -3.47. The third kappa shape index (κ3) is 3.19. The van der Waals surface area contributed by atoms with Gasteiger partial charge >= 0.3 is 0 Å². The van der Waals surface area contributed by atoms with Crippen molar-refractivity contribution in [3.05, 3.63) is 90.0 Å². The van der Waals surface area contributed by atoms with E-state index in [0.717, 1.165) is 27.7 Å². The van der Waals surface area contributed by atoms with Gasteiger partial charge in [0.2, 0.25) is 0 Å². The molecule has 0 bridgehead atoms. The molecule has 4 rings (SSSR count). The molecule has 0 aliphatic carbocycles. The molecule has 2 heterocycles. The average molecular weight is 345 g/mol. The number of hydrogen-bond acceptors (Lipinski definition) is 2. The highest BCUT2D eigenvalue weighted by atomic mass is 19.1. The second kappa shape index (κ2) is 6.80. The van der Waals surface area contributed by atoms with Gasteiger partial charge in [-0.05, 0) is 53.1 Å². The van der Waals surface area contributed by atoms with Gasteiger partial charge in [-0.3, -0.25) is 4.79 Å². The van der Waals surface area contributed by atoms with Crippen molar-refractivity contribution in [1.82, 2.24) is 15.3 Å². The number of nitrogens with one attached hydrogen (secondary N) is 2. The summed E-state index contributed by atoms with van der Waals surface area (Å²) in [7, 11) is 0. The van der Waals surface area contributed by atoms with E-state index in [-0.39, 0.29) is 11.7 Å². The van der Waals surface area contributed by atoms with Crippen LogP contribution in [0.15, 0.2) is 73.1 Å². The molecule has 1 amide bonds. The summed E-state index contributed by atoms with van der Waals surface area (Å²) in [6.45, 7) is 0.356. The molecule has 128 valence electrons. The number of H-pyrrole nitrogens is 1. The van der Waals surface area contributed by atoms with Gasteiger partial charge in [0, 0.05) is 29.9 Å². The van der Waals surface area contributed by atoms with Crippen molar-refractivity contribution < 1.29 is 9.18 Å². The zero-order chi connectivity index (χ0) is 17.9. The molecule has 0 atom stereocenters. The Balaban J connectivity index is 1.49. The molecule has 0 saturated heterocycles. The number of pyridine rings is 1. The zero-order valence-corrected chi connectivity index (χ0v) is 13.9. The van der Waals surface area contributed by atoms with Gasteiger partial charge < -0.3 is 10.3 Å². The Bertz CT molecular complexity index is 1050. The lowest BCUT2D eigenvalue weighted by atomic mass is 10.0. The Morgan fingerprint density at radius 1 is 1.00 bits per heavy atom. The van der Waals surface area contributed by atoms with E-state index in [4.69, 9.17) is 0 Å². The van der Waals surface area contributed by atoms with Crippen LogP contribution in [0.3, 0.4) is 0 Å². The van der Waals surface area contributed by atoms with Crippen molar-refractivity contribution in [3.63, 3.8) is 0 Å². The number of amides is 1. The first-order valence-corrected chi connectivity index (χ1v) is 8.26. The van der Waals surface area contributed by atoms with E-state index in [0.29, 0.717) is 12.1 Å². The monoisotopic (exact) mass is 345 g/mol. The number of halogens is 1. The first-order valence-electron chi connectivity index (χ1n) is 8.26. The molecule has 26 heavy (non-hydrogen) atoms. The maximum absolute atomic E-state index is 12.9. The fraction of sp³-hybridized carbons (Fsp3) is 0.0476. The highest BCUT2D eigenvalue weighted by molar-refractivity contribution is 5.96. The molecule has 0 unspecified atom stereocenters. The number of aromatic amines is 1. The number of benzene rings is 2. The van der Waals surface area contributed by atoms with Crippen LogP contribution in [0.2, 0.25) is 0 Å². The molecule has 0 fully saturated rings. The minimum atomic E-state index is -0.289. The number of fused-ring (bicyclic) bond motifs is 1. The van der Waals surface area contributed by atoms with Gasteiger partial charge in [0.1, 0.15) is 11.5 Å². The smallest absolute Gasteiger partial charge is 0.251 e. The molecular formula is C21H16FN3O. The van der Waals surface area contributed by atoms with Crippen molar-refractivity contribution in [1.29, 1.82) is 0 Å². The molecule has 2 aromatic heterocycles. The fourth-order valence-corrected chi connectivity index (χ4v) is 2.90. The van der Waals surface area contributed by atoms with Gasteiger partial charge in [-0.25, -0.2) is 9.37 Å². The van der Waals surface area contributed by atoms with Crippen LogP contribution in [0.1, 0.15) is 15.9 Å². The van der Waals surface area contributed by atoms with Crippen LogP contribution >= 0.6 is 0 Å². The summed E-state index contributed by atoms with van der Waals surface area (Å²) < 4.78 is 12.9. The minimum absolute atomic E-state index is 0.164. The quantitative estimate of drug-likeness (QED) is 0.579. The van der Waals surface area contributed by atoms with E-state index in [1.165, 1.54) is 12.1 Å². The number of nitrogens with zero attached hydrogens (tertiary/aromatic N) is 1. The predicted molar refractivity (Wildman–Crippen MR) is 99.1 cm³/mol. The molecule has 2 N–H and O–H groups in total. The molecular weight excluding hydrogens is 329 g/mol. The lowest BCUT2D eigenvalue weighted by molar-refractivity contribution is 0.0951. The normalized spacial score (nSPS) is 10.8. The lowest BCUT2D eigenvalue weighted by Gasteiger charge is -2.07. The molecule has 0 saturated carbocycles. The van der Waals surface area contributed by atoms with Crippen LogP contribution in [0.5, 0.6) is 0 Å². The van der Waals surface area contributed by atoms with Crippen LogP contribution in [-0.4, -0.2) is 15.9 Å². The van der Waals surface area contributed by atoms with Gasteiger partial charge in [0.05, 0.1) is 0 Å². The van der Waals surface area contributed by atoms with E-state index < -0.39 is 0 Å². The van der Waals surface area contributed by atoms with Crippen LogP contribution < -0.4 is 5.32 Å². The summed E-state index contributed by atoms with van der Waals surface area (Å²) in [5.41, 5.74) is 4.35. The number of rotatable bonds is 4. The molecule has 4 aromatic rings. The SMILES string of the molecule is O=C(NCc1ccc(F)cc1)c1ccc(-c2ccnc3[nH]ccc23)cc1. The third-order valence-corrected chi connectivity index (χ3v) is 4.28. The third-order valence-electron chi connectivity index (χ3n) is 4.28. The second-order valence-corrected chi connectivity index (χ2v) is 5.98. The maximum atomic E-state index is 12.9. The Labute approximate surface area is 149 Å². The standard InChI is InChI=1S/C21H16FN3O/c22-17-7-1-14(2-8-17)13-25-21(26)16-5-3-15(4-6-16)18-9-11-23-20-19(18)10-12-24-20/h1-12H,13H2,(H,23,24)(H,25,26). The van der Waals surface area contributed by atoms with Gasteiger partial charge in [-0.15, -0.1) is 0 Å². The van der Waals surface area contributed by atoms with Crippen LogP contribution in [0, 0.1) is 5.82 Å². The van der Waals surface area contributed by atoms with Crippen molar-refractivity contribution in [2.24, 2.45) is 0 Å². The number of aromatic nitrogens is 2. The fourth-order valence-electron chi connectivity index (χ4n) is 2.90. The van der Waals surface area contributed by atoms with E-state index in [1.54, 1.807) is 30.5 Å². The highest BCUT2D eigenvalue weighted by Crippen LogP contribution is 2.27. The number of hydrogen-bond donors (Lipinski definition) is 2. The van der Waals surface area contributed by atoms with Gasteiger partial charge in [0.25, 0.3) is 5.91 Å². The molecule has 2 aromatic carbocycles. The van der Waals surface area contributed by atoms with E-state index in [2.05, 4.69) is 15.3 Å². The molecule has 0 aliphatic rings. The summed E-state index contributed by atoms with van der Waals surface area (Å²) in [5, 5.41) is 3.89. The molecule has 0 radical (unpaired) electrons. The Morgan fingerprint density at radius 3 is 2.54 bits per heavy atom. The highest BCUT2D eigenvalue weighted by Gasteiger charge is 2.08. The molecule has 4 nitrogen and oxygen atoms in total. The van der Waals surface area contributed by atoms with Gasteiger partial charge in [-0.2, -0.15) is 0 Å². The molecule has 0 spiro atoms. The first kappa shape index (κ1) is 16.0. The Morgan fingerprint density at radius 2 is 1.77 bits per heavy atom. The van der Waals surface area contributed by atoms with Crippen molar-refractivity contribution in [3.8, 4) is 11.1 Å². The van der Waals surface area contributed by atoms with Crippen molar-refractivity contribution in [2.75, 3.05) is 0 Å². The topological polar surface area (TPSA) is 57.8 Å². The van der Waals surface area contributed by atoms with E-state index >= 15 is 0 Å². The van der Waals surface area contributed by atoms with Crippen LogP contribution in [-0.2, 0) is 6.54 Å². The summed E-state index contributed by atoms with van der Waals surface area (Å²) in [4.78, 5) is 19.7. The van der Waals surface area contributed by atoms with Crippen molar-refractivity contribution in [2.45, 2.75) is 6.54 Å². The number of carbonyl (C=O) groups excluding carboxylic acids is 1. The predicted octanol–water partition coefficient (Wildman–Crippen LogP) is 4.30. The largest absolute Gasteiger partial charge is 0.348 e. The summed E-state index contributed by atoms with van der Waals surface area (Å²) in [5.74, 6) is -0.453. The molecule has 5 heteroatoms.